The maximum absolute atomic E-state index is 12.1. The zero-order valence-corrected chi connectivity index (χ0v) is 11.1. The van der Waals surface area contributed by atoms with Crippen LogP contribution in [-0.4, -0.2) is 33.1 Å². The molecule has 4 rings (SSSR count). The summed E-state index contributed by atoms with van der Waals surface area (Å²) < 4.78 is 15.0. The van der Waals surface area contributed by atoms with Gasteiger partial charge < -0.3 is 11.4 Å². The van der Waals surface area contributed by atoms with E-state index in [2.05, 4.69) is 0 Å². The summed E-state index contributed by atoms with van der Waals surface area (Å²) in [7, 11) is 0. The zero-order valence-electron chi connectivity index (χ0n) is 9.91. The summed E-state index contributed by atoms with van der Waals surface area (Å²) >= 11 is -3.18. The third-order valence-corrected chi connectivity index (χ3v) is 4.47. The van der Waals surface area contributed by atoms with Crippen molar-refractivity contribution < 1.29 is 25.7 Å². The molecule has 0 saturated carbocycles. The van der Waals surface area contributed by atoms with E-state index in [1.54, 1.807) is 24.3 Å². The Balaban J connectivity index is 2.18. The molecule has 7 heteroatoms. The van der Waals surface area contributed by atoms with Crippen molar-refractivity contribution in [3.8, 4) is 0 Å². The largest absolute Gasteiger partial charge is 1.20 e. The average Bonchev–Trinajstić information content (AvgIpc) is 2.44. The molecule has 0 fully saturated rings. The first kappa shape index (κ1) is 11.5. The minimum absolute atomic E-state index is 0.242. The standard InChI is InChI=1S/C13H8O6.Al/c14-11(15)7-2-1-6-3-8(12(16)17)5-10(13(18)19)9(6)4-7;/h1-5H,(H,14,15)(H,16,17)(H,18,19);/q;+3/p-3. The Kier molecular flexibility index (Phi) is 2.19. The van der Waals surface area contributed by atoms with Crippen LogP contribution in [0.2, 0.25) is 0 Å². The lowest BCUT2D eigenvalue weighted by Gasteiger charge is -2.16. The number of rotatable bonds is 0. The van der Waals surface area contributed by atoms with E-state index >= 15 is 0 Å². The molecule has 0 saturated heterocycles. The summed E-state index contributed by atoms with van der Waals surface area (Å²) in [6.07, 6.45) is 0. The second-order valence-electron chi connectivity index (χ2n) is 4.46. The van der Waals surface area contributed by atoms with E-state index in [0.29, 0.717) is 16.3 Å². The van der Waals surface area contributed by atoms with Gasteiger partial charge in [-0.25, -0.2) is 14.4 Å². The Hall–Kier alpha value is -2.36. The second kappa shape index (κ2) is 3.82. The second-order valence-corrected chi connectivity index (χ2v) is 5.75. The highest BCUT2D eigenvalue weighted by molar-refractivity contribution is 6.46. The van der Waals surface area contributed by atoms with Crippen molar-refractivity contribution in [2.24, 2.45) is 0 Å². The van der Waals surface area contributed by atoms with E-state index in [-0.39, 0.29) is 11.1 Å². The summed E-state index contributed by atoms with van der Waals surface area (Å²) in [6, 6.07) is 7.83. The van der Waals surface area contributed by atoms with Crippen LogP contribution >= 0.6 is 0 Å². The molecule has 0 amide bonds. The highest BCUT2D eigenvalue weighted by Crippen LogP contribution is 2.28. The molecule has 0 atom stereocenters. The molecule has 2 aromatic carbocycles. The lowest BCUT2D eigenvalue weighted by Crippen LogP contribution is -2.35. The molecule has 2 aliphatic heterocycles. The Morgan fingerprint density at radius 3 is 2.25 bits per heavy atom. The number of benzene rings is 2. The molecule has 5 bridgehead atoms. The predicted octanol–water partition coefficient (Wildman–Crippen LogP) is 1.32. The molecule has 6 nitrogen and oxygen atoms in total. The molecule has 0 aromatic heterocycles. The molecular formula is C13H5AlO6. The van der Waals surface area contributed by atoms with E-state index in [9.17, 15) is 14.4 Å². The summed E-state index contributed by atoms with van der Waals surface area (Å²) in [5, 5.41) is 1.21. The van der Waals surface area contributed by atoms with Gasteiger partial charge in [0.1, 0.15) is 0 Å². The van der Waals surface area contributed by atoms with E-state index in [1.807, 2.05) is 0 Å². The molecule has 0 radical (unpaired) electrons. The molecule has 2 aliphatic rings. The van der Waals surface area contributed by atoms with Crippen molar-refractivity contribution in [1.82, 2.24) is 0 Å². The van der Waals surface area contributed by atoms with Crippen molar-refractivity contribution >= 4 is 43.8 Å². The lowest BCUT2D eigenvalue weighted by molar-refractivity contribution is 0.0405. The third-order valence-electron chi connectivity index (χ3n) is 3.26. The molecule has 0 unspecified atom stereocenters. The van der Waals surface area contributed by atoms with Crippen LogP contribution in [0.25, 0.3) is 10.8 Å². The molecule has 20 heavy (non-hydrogen) atoms. The van der Waals surface area contributed by atoms with E-state index in [0.717, 1.165) is 0 Å². The quantitative estimate of drug-likeness (QED) is 0.679. The van der Waals surface area contributed by atoms with Gasteiger partial charge in [0, 0.05) is 0 Å². The van der Waals surface area contributed by atoms with Gasteiger partial charge in [0.25, 0.3) is 0 Å². The van der Waals surface area contributed by atoms with Gasteiger partial charge in [-0.2, -0.15) is 0 Å². The molecular weight excluding hydrogens is 279 g/mol. The minimum Gasteiger partial charge on any atom is -0.547 e. The van der Waals surface area contributed by atoms with Crippen LogP contribution in [0, 0.1) is 0 Å². The van der Waals surface area contributed by atoms with Crippen LogP contribution in [0.3, 0.4) is 0 Å². The van der Waals surface area contributed by atoms with Gasteiger partial charge in [0.2, 0.25) is 0 Å². The van der Waals surface area contributed by atoms with E-state index in [1.165, 1.54) is 6.07 Å². The summed E-state index contributed by atoms with van der Waals surface area (Å²) in [5.74, 6) is -1.97. The van der Waals surface area contributed by atoms with Crippen LogP contribution in [0.1, 0.15) is 31.1 Å². The molecule has 0 spiro atoms. The monoisotopic (exact) mass is 284 g/mol. The first-order valence-electron chi connectivity index (χ1n) is 5.82. The molecule has 2 heterocycles. The smallest absolute Gasteiger partial charge is 0.547 e. The average molecular weight is 284 g/mol. The Labute approximate surface area is 117 Å². The predicted molar refractivity (Wildman–Crippen MR) is 65.9 cm³/mol. The lowest BCUT2D eigenvalue weighted by atomic mass is 9.99. The highest BCUT2D eigenvalue weighted by Gasteiger charge is 2.51. The van der Waals surface area contributed by atoms with Crippen LogP contribution in [-0.2, 0) is 11.4 Å². The number of carbonyl (C=O) groups excluding carboxylic acids is 3. The molecule has 96 valence electrons. The third kappa shape index (κ3) is 1.54. The van der Waals surface area contributed by atoms with Crippen molar-refractivity contribution in [3.63, 3.8) is 0 Å². The van der Waals surface area contributed by atoms with Gasteiger partial charge in [0.05, 0.1) is 16.7 Å². The Morgan fingerprint density at radius 1 is 0.750 bits per heavy atom. The van der Waals surface area contributed by atoms with Gasteiger partial charge in [-0.05, 0) is 35.0 Å². The Bertz CT molecular complexity index is 810. The van der Waals surface area contributed by atoms with Gasteiger partial charge in [-0.3, -0.25) is 0 Å². The maximum Gasteiger partial charge on any atom is 1.20 e. The SMILES string of the molecule is O=C1[O][Al]2[O]C(=O)c3ccc4cc1cc(c4c3)C(=O)[O]2. The van der Waals surface area contributed by atoms with E-state index < -0.39 is 33.1 Å². The van der Waals surface area contributed by atoms with Crippen molar-refractivity contribution in [3.05, 3.63) is 47.0 Å². The van der Waals surface area contributed by atoms with Crippen LogP contribution in [0.5, 0.6) is 0 Å². The fourth-order valence-corrected chi connectivity index (χ4v) is 3.37. The zero-order chi connectivity index (χ0) is 13.9. The van der Waals surface area contributed by atoms with Gasteiger partial charge in [-0.1, -0.05) is 6.07 Å². The number of carbonyl (C=O) groups is 3. The summed E-state index contributed by atoms with van der Waals surface area (Å²) in [6.45, 7) is 0. The first-order valence-corrected chi connectivity index (χ1v) is 7.24. The van der Waals surface area contributed by atoms with Gasteiger partial charge in [-0.15, -0.1) is 0 Å². The molecule has 0 N–H and O–H groups in total. The van der Waals surface area contributed by atoms with Gasteiger partial charge >= 0.3 is 33.1 Å². The summed E-state index contributed by atoms with van der Waals surface area (Å²) in [5.41, 5.74) is 0.777. The normalized spacial score (nSPS) is 16.4. The van der Waals surface area contributed by atoms with E-state index in [4.69, 9.17) is 11.4 Å². The van der Waals surface area contributed by atoms with Gasteiger partial charge in [0.15, 0.2) is 0 Å². The number of hydrogen-bond donors (Lipinski definition) is 0. The van der Waals surface area contributed by atoms with Crippen molar-refractivity contribution in [1.29, 1.82) is 0 Å². The maximum atomic E-state index is 12.1. The fourth-order valence-electron chi connectivity index (χ4n) is 2.31. The van der Waals surface area contributed by atoms with Crippen LogP contribution < -0.4 is 0 Å². The first-order chi connectivity index (χ1) is 9.61. The number of hydrogen-bond acceptors (Lipinski definition) is 6. The van der Waals surface area contributed by atoms with Crippen LogP contribution in [0.15, 0.2) is 30.3 Å². The highest BCUT2D eigenvalue weighted by atomic mass is 27.3. The molecule has 0 aliphatic carbocycles. The number of fused-ring (bicyclic) bond motifs is 4. The minimum atomic E-state index is -3.18. The van der Waals surface area contributed by atoms with Crippen LogP contribution in [0.4, 0.5) is 0 Å². The van der Waals surface area contributed by atoms with Crippen molar-refractivity contribution in [2.75, 3.05) is 0 Å². The summed E-state index contributed by atoms with van der Waals surface area (Å²) in [4.78, 5) is 35.9. The van der Waals surface area contributed by atoms with Crippen molar-refractivity contribution in [2.45, 2.75) is 0 Å². The Morgan fingerprint density at radius 2 is 1.45 bits per heavy atom. The molecule has 2 aromatic rings. The fraction of sp³-hybridized carbons (Fsp3) is 0. The topological polar surface area (TPSA) is 78.9 Å².